The van der Waals surface area contributed by atoms with Crippen LogP contribution in [0.2, 0.25) is 0 Å². The molecule has 1 fully saturated rings. The SMILES string of the molecule is COC(=O)c1cccc(N2CC(CS(N)(=O)=O)CC2=O)c1N. The highest BCUT2D eigenvalue weighted by atomic mass is 32.2. The van der Waals surface area contributed by atoms with E-state index >= 15 is 0 Å². The first-order valence-electron chi connectivity index (χ1n) is 6.50. The summed E-state index contributed by atoms with van der Waals surface area (Å²) in [6.45, 7) is 0.185. The van der Waals surface area contributed by atoms with Crippen LogP contribution in [0, 0.1) is 5.92 Å². The van der Waals surface area contributed by atoms with Crippen molar-refractivity contribution in [2.24, 2.45) is 11.1 Å². The number of rotatable bonds is 4. The summed E-state index contributed by atoms with van der Waals surface area (Å²) in [5.41, 5.74) is 6.58. The molecule has 2 rings (SSSR count). The minimum absolute atomic E-state index is 0.0678. The fourth-order valence-electron chi connectivity index (χ4n) is 2.53. The average Bonchev–Trinajstić information content (AvgIpc) is 2.76. The van der Waals surface area contributed by atoms with Crippen molar-refractivity contribution in [1.29, 1.82) is 0 Å². The highest BCUT2D eigenvalue weighted by Crippen LogP contribution is 2.32. The lowest BCUT2D eigenvalue weighted by Crippen LogP contribution is -2.28. The van der Waals surface area contributed by atoms with E-state index in [4.69, 9.17) is 10.9 Å². The van der Waals surface area contributed by atoms with Gasteiger partial charge in [-0.3, -0.25) is 4.79 Å². The highest BCUT2D eigenvalue weighted by molar-refractivity contribution is 7.89. The number of esters is 1. The van der Waals surface area contributed by atoms with Crippen LogP contribution in [0.5, 0.6) is 0 Å². The molecule has 0 aliphatic carbocycles. The second kappa shape index (κ2) is 5.93. The van der Waals surface area contributed by atoms with Crippen LogP contribution in [0.1, 0.15) is 16.8 Å². The number of nitrogens with two attached hydrogens (primary N) is 2. The molecule has 1 heterocycles. The van der Waals surface area contributed by atoms with Gasteiger partial charge in [0.1, 0.15) is 0 Å². The van der Waals surface area contributed by atoms with E-state index < -0.39 is 21.9 Å². The zero-order valence-electron chi connectivity index (χ0n) is 12.0. The van der Waals surface area contributed by atoms with Crippen molar-refractivity contribution in [1.82, 2.24) is 0 Å². The Morgan fingerprint density at radius 1 is 1.45 bits per heavy atom. The van der Waals surface area contributed by atoms with Crippen LogP contribution in [0.3, 0.4) is 0 Å². The number of amides is 1. The van der Waals surface area contributed by atoms with Gasteiger partial charge >= 0.3 is 5.97 Å². The Morgan fingerprint density at radius 2 is 2.14 bits per heavy atom. The van der Waals surface area contributed by atoms with E-state index in [0.717, 1.165) is 0 Å². The van der Waals surface area contributed by atoms with Gasteiger partial charge in [-0.2, -0.15) is 0 Å². The zero-order valence-corrected chi connectivity index (χ0v) is 12.8. The van der Waals surface area contributed by atoms with Gasteiger partial charge in [0.2, 0.25) is 15.9 Å². The molecular weight excluding hydrogens is 310 g/mol. The Labute approximate surface area is 128 Å². The van der Waals surface area contributed by atoms with Gasteiger partial charge in [0.25, 0.3) is 0 Å². The molecule has 9 heteroatoms. The summed E-state index contributed by atoms with van der Waals surface area (Å²) in [4.78, 5) is 25.1. The molecule has 0 aromatic heterocycles. The van der Waals surface area contributed by atoms with Crippen molar-refractivity contribution in [2.45, 2.75) is 6.42 Å². The molecular formula is C13H17N3O5S. The molecule has 22 heavy (non-hydrogen) atoms. The Hall–Kier alpha value is -2.13. The van der Waals surface area contributed by atoms with E-state index in [0.29, 0.717) is 5.69 Å². The summed E-state index contributed by atoms with van der Waals surface area (Å²) in [5, 5.41) is 5.01. The number of benzene rings is 1. The van der Waals surface area contributed by atoms with E-state index in [1.165, 1.54) is 18.1 Å². The molecule has 0 bridgehead atoms. The quantitative estimate of drug-likeness (QED) is 0.576. The Kier molecular flexibility index (Phi) is 4.38. The third-order valence-electron chi connectivity index (χ3n) is 3.45. The monoisotopic (exact) mass is 327 g/mol. The molecule has 0 saturated carbocycles. The maximum absolute atomic E-state index is 12.1. The summed E-state index contributed by atoms with van der Waals surface area (Å²) < 4.78 is 26.9. The third kappa shape index (κ3) is 3.37. The molecule has 1 aliphatic heterocycles. The predicted octanol–water partition coefficient (Wildman–Crippen LogP) is -0.303. The molecule has 4 N–H and O–H groups in total. The fraction of sp³-hybridized carbons (Fsp3) is 0.385. The number of nitrogen functional groups attached to an aromatic ring is 1. The minimum atomic E-state index is -3.66. The molecule has 1 aliphatic rings. The smallest absolute Gasteiger partial charge is 0.340 e. The normalized spacial score (nSPS) is 18.5. The molecule has 1 atom stereocenters. The summed E-state index contributed by atoms with van der Waals surface area (Å²) in [6, 6.07) is 4.67. The maximum atomic E-state index is 12.1. The van der Waals surface area contributed by atoms with Crippen molar-refractivity contribution >= 4 is 33.3 Å². The molecule has 0 radical (unpaired) electrons. The number of carbonyl (C=O) groups is 2. The van der Waals surface area contributed by atoms with Gasteiger partial charge in [0.15, 0.2) is 0 Å². The second-order valence-electron chi connectivity index (χ2n) is 5.13. The first kappa shape index (κ1) is 16.2. The minimum Gasteiger partial charge on any atom is -0.465 e. The number of hydrogen-bond donors (Lipinski definition) is 2. The lowest BCUT2D eigenvalue weighted by Gasteiger charge is -2.20. The van der Waals surface area contributed by atoms with E-state index in [1.807, 2.05) is 0 Å². The summed E-state index contributed by atoms with van der Waals surface area (Å²) >= 11 is 0. The molecule has 1 aromatic carbocycles. The summed E-state index contributed by atoms with van der Waals surface area (Å²) in [5.74, 6) is -1.54. The number of hydrogen-bond acceptors (Lipinski definition) is 6. The van der Waals surface area contributed by atoms with Crippen molar-refractivity contribution < 1.29 is 22.7 Å². The molecule has 0 spiro atoms. The van der Waals surface area contributed by atoms with E-state index in [9.17, 15) is 18.0 Å². The number of primary sulfonamides is 1. The van der Waals surface area contributed by atoms with Crippen LogP contribution in [-0.4, -0.2) is 39.7 Å². The number of ether oxygens (including phenoxy) is 1. The zero-order chi connectivity index (χ0) is 16.5. The number of nitrogens with zero attached hydrogens (tertiary/aromatic N) is 1. The van der Waals surface area contributed by atoms with Crippen molar-refractivity contribution in [3.05, 3.63) is 23.8 Å². The van der Waals surface area contributed by atoms with Gasteiger partial charge in [-0.15, -0.1) is 0 Å². The molecule has 1 saturated heterocycles. The standard InChI is InChI=1S/C13H17N3O5S/c1-21-13(18)9-3-2-4-10(12(9)14)16-6-8(5-11(16)17)7-22(15,19)20/h2-4,8H,5-7,14H2,1H3,(H2,15,19,20). The van der Waals surface area contributed by atoms with Gasteiger partial charge in [0.05, 0.1) is 29.8 Å². The molecule has 120 valence electrons. The Balaban J connectivity index is 2.29. The van der Waals surface area contributed by atoms with Gasteiger partial charge in [-0.05, 0) is 12.1 Å². The van der Waals surface area contributed by atoms with Crippen LogP contribution < -0.4 is 15.8 Å². The lowest BCUT2D eigenvalue weighted by atomic mass is 10.1. The van der Waals surface area contributed by atoms with Crippen molar-refractivity contribution in [3.8, 4) is 0 Å². The van der Waals surface area contributed by atoms with E-state index in [2.05, 4.69) is 4.74 Å². The first-order valence-corrected chi connectivity index (χ1v) is 8.22. The topological polar surface area (TPSA) is 133 Å². The molecule has 1 aromatic rings. The third-order valence-corrected chi connectivity index (χ3v) is 4.39. The maximum Gasteiger partial charge on any atom is 0.340 e. The van der Waals surface area contributed by atoms with Crippen molar-refractivity contribution in [3.63, 3.8) is 0 Å². The molecule has 1 amide bonds. The number of sulfonamides is 1. The van der Waals surface area contributed by atoms with Gasteiger partial charge in [-0.25, -0.2) is 18.4 Å². The predicted molar refractivity (Wildman–Crippen MR) is 80.6 cm³/mol. The van der Waals surface area contributed by atoms with Gasteiger partial charge in [-0.1, -0.05) is 6.07 Å². The Morgan fingerprint density at radius 3 is 2.73 bits per heavy atom. The number of methoxy groups -OCH3 is 1. The largest absolute Gasteiger partial charge is 0.465 e. The summed E-state index contributed by atoms with van der Waals surface area (Å²) in [6.07, 6.45) is 0.0678. The van der Waals surface area contributed by atoms with Crippen LogP contribution in [0.4, 0.5) is 11.4 Å². The number of carbonyl (C=O) groups excluding carboxylic acids is 2. The molecule has 1 unspecified atom stereocenters. The summed E-state index contributed by atoms with van der Waals surface area (Å²) in [7, 11) is -2.42. The Bertz CT molecular complexity index is 716. The van der Waals surface area contributed by atoms with Gasteiger partial charge in [0, 0.05) is 18.9 Å². The fourth-order valence-corrected chi connectivity index (χ4v) is 3.41. The molecule has 8 nitrogen and oxygen atoms in total. The first-order chi connectivity index (χ1) is 10.2. The number of anilines is 2. The number of para-hydroxylation sites is 1. The van der Waals surface area contributed by atoms with E-state index in [-0.39, 0.29) is 35.9 Å². The van der Waals surface area contributed by atoms with Crippen LogP contribution in [0.15, 0.2) is 18.2 Å². The lowest BCUT2D eigenvalue weighted by molar-refractivity contribution is -0.117. The van der Waals surface area contributed by atoms with Crippen molar-refractivity contribution in [2.75, 3.05) is 30.0 Å². The highest BCUT2D eigenvalue weighted by Gasteiger charge is 2.34. The van der Waals surface area contributed by atoms with Crippen LogP contribution in [-0.2, 0) is 19.6 Å². The average molecular weight is 327 g/mol. The van der Waals surface area contributed by atoms with Gasteiger partial charge < -0.3 is 15.4 Å². The second-order valence-corrected chi connectivity index (χ2v) is 6.79. The van der Waals surface area contributed by atoms with Crippen LogP contribution >= 0.6 is 0 Å². The van der Waals surface area contributed by atoms with Crippen LogP contribution in [0.25, 0.3) is 0 Å². The van der Waals surface area contributed by atoms with E-state index in [1.54, 1.807) is 12.1 Å².